The number of pyridine rings is 1. The minimum absolute atomic E-state index is 0.00959. The fourth-order valence-corrected chi connectivity index (χ4v) is 7.34. The minimum atomic E-state index is -5.08. The highest BCUT2D eigenvalue weighted by Gasteiger charge is 2.37. The third-order valence-corrected chi connectivity index (χ3v) is 10.2. The fourth-order valence-electron chi connectivity index (χ4n) is 5.96. The van der Waals surface area contributed by atoms with Crippen molar-refractivity contribution in [1.82, 2.24) is 19.4 Å². The average Bonchev–Trinajstić information content (AvgIpc) is 3.07. The number of anilines is 2. The van der Waals surface area contributed by atoms with Gasteiger partial charge in [0.15, 0.2) is 15.6 Å². The molecule has 0 amide bonds. The Labute approximate surface area is 288 Å². The fraction of sp³-hybridized carbons (Fsp3) is 0.286. The van der Waals surface area contributed by atoms with Crippen LogP contribution in [0.4, 0.5) is 38.0 Å². The molecule has 3 heterocycles. The SMILES string of the molecule is CN1CCC(Oc2ccc(Nc3ncc4cc(-c5ccccc5S(=O)(=O)CC(F)(F)F)c(=O)n(Cc5ccccc5C(F)(F)F)c4n3)cc2)CC1. The molecule has 268 valence electrons. The monoisotopic (exact) mass is 731 g/mol. The summed E-state index contributed by atoms with van der Waals surface area (Å²) in [6.45, 7) is 1.21. The molecule has 0 saturated carbocycles. The number of rotatable bonds is 9. The molecule has 1 aliphatic rings. The molecule has 16 heteroatoms. The van der Waals surface area contributed by atoms with Gasteiger partial charge >= 0.3 is 12.4 Å². The van der Waals surface area contributed by atoms with Crippen LogP contribution in [-0.2, 0) is 22.6 Å². The number of halogens is 6. The lowest BCUT2D eigenvalue weighted by molar-refractivity contribution is -0.138. The van der Waals surface area contributed by atoms with Crippen molar-refractivity contribution >= 4 is 32.5 Å². The van der Waals surface area contributed by atoms with E-state index in [0.717, 1.165) is 48.7 Å². The molecule has 2 aromatic heterocycles. The Morgan fingerprint density at radius 3 is 2.25 bits per heavy atom. The molecule has 9 nitrogen and oxygen atoms in total. The molecule has 0 unspecified atom stereocenters. The first-order chi connectivity index (χ1) is 24.1. The van der Waals surface area contributed by atoms with Crippen molar-refractivity contribution in [3.8, 4) is 16.9 Å². The highest BCUT2D eigenvalue weighted by molar-refractivity contribution is 7.91. The van der Waals surface area contributed by atoms with Crippen LogP contribution in [0, 0.1) is 0 Å². The smallest absolute Gasteiger partial charge is 0.416 e. The molecule has 0 radical (unpaired) electrons. The van der Waals surface area contributed by atoms with Gasteiger partial charge in [0.1, 0.15) is 17.5 Å². The zero-order chi connectivity index (χ0) is 36.6. The second-order valence-corrected chi connectivity index (χ2v) is 14.2. The maximum atomic E-state index is 14.2. The van der Waals surface area contributed by atoms with Gasteiger partial charge in [-0.2, -0.15) is 31.3 Å². The van der Waals surface area contributed by atoms with Crippen molar-refractivity contribution in [2.45, 2.75) is 42.7 Å². The molecule has 1 N–H and O–H groups in total. The van der Waals surface area contributed by atoms with Crippen LogP contribution >= 0.6 is 0 Å². The number of alkyl halides is 6. The number of fused-ring (bicyclic) bond motifs is 1. The van der Waals surface area contributed by atoms with Gasteiger partial charge in [-0.25, -0.2) is 13.4 Å². The van der Waals surface area contributed by atoms with Crippen LogP contribution in [0.15, 0.2) is 94.7 Å². The summed E-state index contributed by atoms with van der Waals surface area (Å²) in [5, 5.41) is 3.13. The molecule has 0 spiro atoms. The standard InChI is InChI=1S/C35H31F6N5O4S/c1-45-16-14-26(15-17-45)50-25-12-10-24(11-13-25)43-33-42-19-23-18-28(27-7-3-5-9-30(27)51(48,49)21-34(36,37)38)32(47)46(31(23)44-33)20-22-6-2-4-8-29(22)35(39,40)41/h2-13,18-19,26H,14-17,20-21H2,1H3,(H,42,43,44). The highest BCUT2D eigenvalue weighted by atomic mass is 32.2. The molecule has 5 aromatic rings. The van der Waals surface area contributed by atoms with Gasteiger partial charge in [0, 0.05) is 41.5 Å². The van der Waals surface area contributed by atoms with Crippen LogP contribution in [-0.4, -0.2) is 66.0 Å². The Morgan fingerprint density at radius 1 is 0.902 bits per heavy atom. The van der Waals surface area contributed by atoms with E-state index in [-0.39, 0.29) is 39.8 Å². The molecule has 0 bridgehead atoms. The zero-order valence-electron chi connectivity index (χ0n) is 27.0. The van der Waals surface area contributed by atoms with E-state index < -0.39 is 50.5 Å². The van der Waals surface area contributed by atoms with Crippen LogP contribution in [0.25, 0.3) is 22.2 Å². The van der Waals surface area contributed by atoms with Gasteiger partial charge in [-0.15, -0.1) is 0 Å². The van der Waals surface area contributed by atoms with E-state index in [0.29, 0.717) is 11.4 Å². The van der Waals surface area contributed by atoms with Crippen LogP contribution in [0.5, 0.6) is 5.75 Å². The summed E-state index contributed by atoms with van der Waals surface area (Å²) in [5.74, 6) is -1.53. The van der Waals surface area contributed by atoms with Gasteiger partial charge in [-0.1, -0.05) is 36.4 Å². The van der Waals surface area contributed by atoms with Crippen molar-refractivity contribution in [2.24, 2.45) is 0 Å². The summed E-state index contributed by atoms with van der Waals surface area (Å²) in [7, 11) is -2.94. The van der Waals surface area contributed by atoms with Gasteiger partial charge in [0.25, 0.3) is 5.56 Å². The number of aromatic nitrogens is 3. The number of likely N-dealkylation sites (tertiary alicyclic amines) is 1. The number of piperidine rings is 1. The molecule has 1 fully saturated rings. The lowest BCUT2D eigenvalue weighted by atomic mass is 10.0. The van der Waals surface area contributed by atoms with Crippen LogP contribution < -0.4 is 15.6 Å². The predicted octanol–water partition coefficient (Wildman–Crippen LogP) is 7.08. The zero-order valence-corrected chi connectivity index (χ0v) is 27.8. The maximum absolute atomic E-state index is 14.2. The van der Waals surface area contributed by atoms with E-state index >= 15 is 0 Å². The lowest BCUT2D eigenvalue weighted by Gasteiger charge is -2.29. The van der Waals surface area contributed by atoms with E-state index in [2.05, 4.69) is 27.2 Å². The number of hydrogen-bond acceptors (Lipinski definition) is 8. The molecular formula is C35H31F6N5O4S. The quantitative estimate of drug-likeness (QED) is 0.161. The molecule has 1 aliphatic heterocycles. The second-order valence-electron chi connectivity index (χ2n) is 12.2. The normalized spacial score (nSPS) is 14.9. The first-order valence-corrected chi connectivity index (χ1v) is 17.4. The third-order valence-electron chi connectivity index (χ3n) is 8.42. The van der Waals surface area contributed by atoms with E-state index in [1.165, 1.54) is 42.6 Å². The summed E-state index contributed by atoms with van der Waals surface area (Å²) in [5.41, 5.74) is -2.56. The van der Waals surface area contributed by atoms with Crippen molar-refractivity contribution in [2.75, 3.05) is 31.2 Å². The topological polar surface area (TPSA) is 106 Å². The van der Waals surface area contributed by atoms with E-state index in [1.807, 2.05) is 0 Å². The van der Waals surface area contributed by atoms with Crippen molar-refractivity contribution in [1.29, 1.82) is 0 Å². The second kappa shape index (κ2) is 14.0. The van der Waals surface area contributed by atoms with Crippen LogP contribution in [0.1, 0.15) is 24.0 Å². The van der Waals surface area contributed by atoms with E-state index in [4.69, 9.17) is 4.74 Å². The molecule has 3 aromatic carbocycles. The summed E-state index contributed by atoms with van der Waals surface area (Å²) in [6.07, 6.45) is -6.69. The van der Waals surface area contributed by atoms with Crippen molar-refractivity contribution < 1.29 is 39.5 Å². The highest BCUT2D eigenvalue weighted by Crippen LogP contribution is 2.34. The molecule has 0 atom stereocenters. The summed E-state index contributed by atoms with van der Waals surface area (Å²) >= 11 is 0. The summed E-state index contributed by atoms with van der Waals surface area (Å²) in [4.78, 5) is 24.4. The number of nitrogens with zero attached hydrogens (tertiary/aromatic N) is 4. The molecule has 1 saturated heterocycles. The predicted molar refractivity (Wildman–Crippen MR) is 179 cm³/mol. The molecule has 0 aliphatic carbocycles. The maximum Gasteiger partial charge on any atom is 0.416 e. The van der Waals surface area contributed by atoms with Crippen LogP contribution in [0.3, 0.4) is 0 Å². The van der Waals surface area contributed by atoms with Gasteiger partial charge in [0.05, 0.1) is 17.0 Å². The Hall–Kier alpha value is -4.96. The minimum Gasteiger partial charge on any atom is -0.490 e. The largest absolute Gasteiger partial charge is 0.490 e. The van der Waals surface area contributed by atoms with Crippen molar-refractivity contribution in [3.63, 3.8) is 0 Å². The Bertz CT molecular complexity index is 2220. The number of ether oxygens (including phenoxy) is 1. The van der Waals surface area contributed by atoms with Crippen LogP contribution in [0.2, 0.25) is 0 Å². The van der Waals surface area contributed by atoms with Gasteiger partial charge in [0.2, 0.25) is 5.95 Å². The molecule has 6 rings (SSSR count). The number of benzene rings is 3. The summed E-state index contributed by atoms with van der Waals surface area (Å²) < 4.78 is 115. The van der Waals surface area contributed by atoms with Gasteiger partial charge in [-0.3, -0.25) is 9.36 Å². The van der Waals surface area contributed by atoms with E-state index in [9.17, 15) is 39.6 Å². The Balaban J connectivity index is 1.42. The lowest BCUT2D eigenvalue weighted by Crippen LogP contribution is -2.35. The number of sulfone groups is 1. The Kier molecular flexibility index (Phi) is 9.83. The van der Waals surface area contributed by atoms with Gasteiger partial charge < -0.3 is 15.0 Å². The van der Waals surface area contributed by atoms with Crippen molar-refractivity contribution in [3.05, 3.63) is 107 Å². The average molecular weight is 732 g/mol. The van der Waals surface area contributed by atoms with E-state index in [1.54, 1.807) is 24.3 Å². The first kappa shape index (κ1) is 35.9. The first-order valence-electron chi connectivity index (χ1n) is 15.7. The molecule has 51 heavy (non-hydrogen) atoms. The Morgan fingerprint density at radius 2 is 1.57 bits per heavy atom. The number of hydrogen-bond donors (Lipinski definition) is 1. The van der Waals surface area contributed by atoms with Gasteiger partial charge in [-0.05, 0) is 67.9 Å². The number of nitrogens with one attached hydrogen (secondary N) is 1. The molecular weight excluding hydrogens is 700 g/mol. The third kappa shape index (κ3) is 8.34. The summed E-state index contributed by atoms with van der Waals surface area (Å²) in [6, 6.07) is 17.4.